The SMILES string of the molecule is C=CC[C@H]1C(OCC(=C)C)CC(OC)[C@@H]1COC. The maximum atomic E-state index is 5.96. The first-order chi connectivity index (χ1) is 8.63. The van der Waals surface area contributed by atoms with Crippen molar-refractivity contribution < 1.29 is 14.2 Å². The summed E-state index contributed by atoms with van der Waals surface area (Å²) in [7, 11) is 3.50. The third-order valence-electron chi connectivity index (χ3n) is 3.61. The van der Waals surface area contributed by atoms with Crippen LogP contribution in [0.1, 0.15) is 19.8 Å². The van der Waals surface area contributed by atoms with Gasteiger partial charge in [0.25, 0.3) is 0 Å². The van der Waals surface area contributed by atoms with Crippen LogP contribution < -0.4 is 0 Å². The van der Waals surface area contributed by atoms with Gasteiger partial charge in [0, 0.05) is 26.6 Å². The molecule has 1 rings (SSSR count). The molecule has 3 heteroatoms. The average Bonchev–Trinajstić information content (AvgIpc) is 2.66. The van der Waals surface area contributed by atoms with E-state index in [1.54, 1.807) is 14.2 Å². The van der Waals surface area contributed by atoms with Gasteiger partial charge in [-0.3, -0.25) is 0 Å². The molecule has 0 radical (unpaired) electrons. The predicted octanol–water partition coefficient (Wildman–Crippen LogP) is 2.82. The minimum atomic E-state index is 0.213. The van der Waals surface area contributed by atoms with E-state index in [0.29, 0.717) is 25.0 Å². The van der Waals surface area contributed by atoms with E-state index in [4.69, 9.17) is 14.2 Å². The van der Waals surface area contributed by atoms with Crippen molar-refractivity contribution in [2.24, 2.45) is 11.8 Å². The van der Waals surface area contributed by atoms with Crippen LogP contribution in [-0.4, -0.2) is 39.6 Å². The van der Waals surface area contributed by atoms with Crippen molar-refractivity contribution >= 4 is 0 Å². The van der Waals surface area contributed by atoms with Crippen molar-refractivity contribution in [1.82, 2.24) is 0 Å². The van der Waals surface area contributed by atoms with E-state index in [1.165, 1.54) is 0 Å². The second-order valence-electron chi connectivity index (χ2n) is 5.12. The summed E-state index contributed by atoms with van der Waals surface area (Å²) in [5.74, 6) is 0.805. The van der Waals surface area contributed by atoms with Gasteiger partial charge in [0.1, 0.15) is 0 Å². The molecular weight excluding hydrogens is 228 g/mol. The number of methoxy groups -OCH3 is 2. The fourth-order valence-corrected chi connectivity index (χ4v) is 2.78. The number of rotatable bonds is 8. The van der Waals surface area contributed by atoms with Crippen molar-refractivity contribution in [2.75, 3.05) is 27.4 Å². The molecule has 3 nitrogen and oxygen atoms in total. The van der Waals surface area contributed by atoms with Crippen molar-refractivity contribution in [2.45, 2.75) is 32.0 Å². The Labute approximate surface area is 111 Å². The molecule has 0 bridgehead atoms. The number of hydrogen-bond donors (Lipinski definition) is 0. The monoisotopic (exact) mass is 254 g/mol. The Bertz CT molecular complexity index is 275. The van der Waals surface area contributed by atoms with Gasteiger partial charge in [-0.05, 0) is 19.3 Å². The summed E-state index contributed by atoms with van der Waals surface area (Å²) >= 11 is 0. The first-order valence-corrected chi connectivity index (χ1v) is 6.52. The van der Waals surface area contributed by atoms with Crippen molar-refractivity contribution in [3.63, 3.8) is 0 Å². The molecule has 1 saturated carbocycles. The zero-order chi connectivity index (χ0) is 13.5. The van der Waals surface area contributed by atoms with Gasteiger partial charge in [0.2, 0.25) is 0 Å². The maximum Gasteiger partial charge on any atom is 0.0675 e. The molecule has 0 saturated heterocycles. The van der Waals surface area contributed by atoms with Crippen LogP contribution in [0, 0.1) is 11.8 Å². The van der Waals surface area contributed by atoms with Crippen LogP contribution >= 0.6 is 0 Å². The zero-order valence-electron chi connectivity index (χ0n) is 11.9. The molecule has 0 aromatic carbocycles. The molecule has 0 aromatic rings. The molecule has 0 heterocycles. The Kier molecular flexibility index (Phi) is 6.61. The lowest BCUT2D eigenvalue weighted by Gasteiger charge is -2.24. The molecule has 18 heavy (non-hydrogen) atoms. The largest absolute Gasteiger partial charge is 0.384 e. The van der Waals surface area contributed by atoms with Crippen LogP contribution in [0.25, 0.3) is 0 Å². The molecular formula is C15H26O3. The standard InChI is InChI=1S/C15H26O3/c1-6-7-12-13(10-16-4)14(17-5)8-15(12)18-9-11(2)3/h6,12-15H,1-2,7-10H2,3-5H3/t12-,13-,14?,15?/m1/s1. The summed E-state index contributed by atoms with van der Waals surface area (Å²) in [5.41, 5.74) is 1.05. The zero-order valence-corrected chi connectivity index (χ0v) is 11.9. The quantitative estimate of drug-likeness (QED) is 0.623. The molecule has 0 N–H and O–H groups in total. The third kappa shape index (κ3) is 3.94. The maximum absolute atomic E-state index is 5.96. The molecule has 2 unspecified atom stereocenters. The Balaban J connectivity index is 2.69. The molecule has 0 aromatic heterocycles. The predicted molar refractivity (Wildman–Crippen MR) is 73.6 cm³/mol. The molecule has 1 fully saturated rings. The van der Waals surface area contributed by atoms with Crippen LogP contribution in [0.15, 0.2) is 24.8 Å². The molecule has 1 aliphatic rings. The van der Waals surface area contributed by atoms with Gasteiger partial charge in [-0.2, -0.15) is 0 Å². The highest BCUT2D eigenvalue weighted by Crippen LogP contribution is 2.38. The molecule has 0 spiro atoms. The highest BCUT2D eigenvalue weighted by molar-refractivity contribution is 4.97. The van der Waals surface area contributed by atoms with E-state index in [1.807, 2.05) is 13.0 Å². The summed E-state index contributed by atoms with van der Waals surface area (Å²) in [6.45, 7) is 11.0. The fourth-order valence-electron chi connectivity index (χ4n) is 2.78. The summed E-state index contributed by atoms with van der Waals surface area (Å²) in [6, 6.07) is 0. The van der Waals surface area contributed by atoms with Crippen molar-refractivity contribution in [3.05, 3.63) is 24.8 Å². The van der Waals surface area contributed by atoms with E-state index >= 15 is 0 Å². The minimum Gasteiger partial charge on any atom is -0.384 e. The topological polar surface area (TPSA) is 27.7 Å². The highest BCUT2D eigenvalue weighted by atomic mass is 16.5. The molecule has 4 atom stereocenters. The Hall–Kier alpha value is -0.640. The van der Waals surface area contributed by atoms with Gasteiger partial charge in [0.15, 0.2) is 0 Å². The van der Waals surface area contributed by atoms with Crippen LogP contribution in [0.3, 0.4) is 0 Å². The number of allylic oxidation sites excluding steroid dienone is 1. The molecule has 0 amide bonds. The number of hydrogen-bond acceptors (Lipinski definition) is 3. The van der Waals surface area contributed by atoms with Crippen LogP contribution in [0.4, 0.5) is 0 Å². The van der Waals surface area contributed by atoms with Gasteiger partial charge in [-0.15, -0.1) is 6.58 Å². The molecule has 0 aliphatic heterocycles. The van der Waals surface area contributed by atoms with E-state index in [0.717, 1.165) is 18.4 Å². The average molecular weight is 254 g/mol. The van der Waals surface area contributed by atoms with Gasteiger partial charge >= 0.3 is 0 Å². The summed E-state index contributed by atoms with van der Waals surface area (Å²) < 4.78 is 16.8. The Morgan fingerprint density at radius 2 is 2.00 bits per heavy atom. The summed E-state index contributed by atoms with van der Waals surface area (Å²) in [5, 5.41) is 0. The highest BCUT2D eigenvalue weighted by Gasteiger charge is 2.43. The van der Waals surface area contributed by atoms with E-state index < -0.39 is 0 Å². The van der Waals surface area contributed by atoms with Crippen LogP contribution in [0.2, 0.25) is 0 Å². The molecule has 1 aliphatic carbocycles. The third-order valence-corrected chi connectivity index (χ3v) is 3.61. The lowest BCUT2D eigenvalue weighted by atomic mass is 9.91. The van der Waals surface area contributed by atoms with Crippen molar-refractivity contribution in [3.8, 4) is 0 Å². The summed E-state index contributed by atoms with van der Waals surface area (Å²) in [4.78, 5) is 0. The lowest BCUT2D eigenvalue weighted by molar-refractivity contribution is 0.0150. The molecule has 104 valence electrons. The fraction of sp³-hybridized carbons (Fsp3) is 0.733. The smallest absolute Gasteiger partial charge is 0.0675 e. The first-order valence-electron chi connectivity index (χ1n) is 6.52. The first kappa shape index (κ1) is 15.4. The van der Waals surface area contributed by atoms with Gasteiger partial charge < -0.3 is 14.2 Å². The lowest BCUT2D eigenvalue weighted by Crippen LogP contribution is -2.28. The second kappa shape index (κ2) is 7.72. The van der Waals surface area contributed by atoms with Crippen molar-refractivity contribution in [1.29, 1.82) is 0 Å². The van der Waals surface area contributed by atoms with Gasteiger partial charge in [-0.1, -0.05) is 18.2 Å². The summed E-state index contributed by atoms with van der Waals surface area (Å²) in [6.07, 6.45) is 4.25. The van der Waals surface area contributed by atoms with E-state index in [2.05, 4.69) is 13.2 Å². The normalized spacial score (nSPS) is 31.5. The van der Waals surface area contributed by atoms with Crippen LogP contribution in [0.5, 0.6) is 0 Å². The van der Waals surface area contributed by atoms with Crippen LogP contribution in [-0.2, 0) is 14.2 Å². The second-order valence-corrected chi connectivity index (χ2v) is 5.12. The Morgan fingerprint density at radius 1 is 1.28 bits per heavy atom. The van der Waals surface area contributed by atoms with Gasteiger partial charge in [-0.25, -0.2) is 0 Å². The Morgan fingerprint density at radius 3 is 2.50 bits per heavy atom. The van der Waals surface area contributed by atoms with E-state index in [-0.39, 0.29) is 12.2 Å². The van der Waals surface area contributed by atoms with Gasteiger partial charge in [0.05, 0.1) is 25.4 Å². The number of ether oxygens (including phenoxy) is 3. The minimum absolute atomic E-state index is 0.213. The van der Waals surface area contributed by atoms with E-state index in [9.17, 15) is 0 Å².